The van der Waals surface area contributed by atoms with Gasteiger partial charge in [0.05, 0.1) is 19.0 Å². The van der Waals surface area contributed by atoms with Gasteiger partial charge < -0.3 is 14.0 Å². The van der Waals surface area contributed by atoms with E-state index in [2.05, 4.69) is 10.1 Å². The molecule has 1 aromatic rings. The molecule has 0 amide bonds. The second-order valence-electron chi connectivity index (χ2n) is 6.44. The summed E-state index contributed by atoms with van der Waals surface area (Å²) < 4.78 is 41.2. The van der Waals surface area contributed by atoms with Crippen molar-refractivity contribution < 1.29 is 22.4 Å². The van der Waals surface area contributed by atoms with Crippen LogP contribution in [-0.4, -0.2) is 68.1 Å². The van der Waals surface area contributed by atoms with E-state index in [1.165, 1.54) is 10.6 Å². The number of hydrogen-bond donors (Lipinski definition) is 0. The third-order valence-electron chi connectivity index (χ3n) is 4.54. The van der Waals surface area contributed by atoms with E-state index >= 15 is 0 Å². The van der Waals surface area contributed by atoms with E-state index in [9.17, 15) is 8.42 Å². The second kappa shape index (κ2) is 7.90. The Kier molecular flexibility index (Phi) is 5.85. The molecule has 3 rings (SSSR count). The molecule has 9 heteroatoms. The number of ether oxygens (including phenoxy) is 2. The number of nitrogens with zero attached hydrogens (tertiary/aromatic N) is 3. The van der Waals surface area contributed by atoms with Crippen LogP contribution < -0.4 is 0 Å². The summed E-state index contributed by atoms with van der Waals surface area (Å²) >= 11 is 0. The molecule has 2 aliphatic heterocycles. The summed E-state index contributed by atoms with van der Waals surface area (Å²) in [5.74, 6) is 1.63. The van der Waals surface area contributed by atoms with E-state index in [4.69, 9.17) is 14.0 Å². The largest absolute Gasteiger partial charge is 0.381 e. The van der Waals surface area contributed by atoms with E-state index in [1.807, 2.05) is 0 Å². The Morgan fingerprint density at radius 3 is 2.83 bits per heavy atom. The molecule has 8 nitrogen and oxygen atoms in total. The van der Waals surface area contributed by atoms with Gasteiger partial charge in [0, 0.05) is 38.6 Å². The summed E-state index contributed by atoms with van der Waals surface area (Å²) in [5.41, 5.74) is 0. The molecule has 0 aromatic carbocycles. The molecule has 0 N–H and O–H groups in total. The lowest BCUT2D eigenvalue weighted by atomic mass is 10.0. The zero-order valence-electron chi connectivity index (χ0n) is 14.0. The monoisotopic (exact) mass is 359 g/mol. The number of rotatable bonds is 6. The lowest BCUT2D eigenvalue weighted by Crippen LogP contribution is -2.42. The maximum absolute atomic E-state index is 11.6. The predicted molar refractivity (Wildman–Crippen MR) is 86.2 cm³/mol. The lowest BCUT2D eigenvalue weighted by molar-refractivity contribution is 0.0200. The van der Waals surface area contributed by atoms with Gasteiger partial charge in [0.25, 0.3) is 0 Å². The minimum absolute atomic E-state index is 0.0599. The Morgan fingerprint density at radius 2 is 2.08 bits per heavy atom. The van der Waals surface area contributed by atoms with Crippen LogP contribution in [0.3, 0.4) is 0 Å². The molecule has 0 aliphatic carbocycles. The minimum atomic E-state index is -3.14. The predicted octanol–water partition coefficient (Wildman–Crippen LogP) is 0.947. The standard InChI is InChI=1S/C15H25N3O5S/c1-24(19,20)18-7-2-3-13(11-18)22-10-6-14-16-15(23-17-14)12-4-8-21-9-5-12/h12-13H,2-11H2,1H3. The van der Waals surface area contributed by atoms with Crippen LogP contribution >= 0.6 is 0 Å². The molecule has 0 spiro atoms. The summed E-state index contributed by atoms with van der Waals surface area (Å²) in [6.45, 7) is 2.96. The third-order valence-corrected chi connectivity index (χ3v) is 5.81. The molecule has 1 atom stereocenters. The van der Waals surface area contributed by atoms with Crippen LogP contribution in [0.2, 0.25) is 0 Å². The molecule has 136 valence electrons. The van der Waals surface area contributed by atoms with Crippen molar-refractivity contribution in [1.29, 1.82) is 0 Å². The van der Waals surface area contributed by atoms with Crippen molar-refractivity contribution in [3.63, 3.8) is 0 Å². The van der Waals surface area contributed by atoms with Crippen LogP contribution in [0.15, 0.2) is 4.52 Å². The minimum Gasteiger partial charge on any atom is -0.381 e. The second-order valence-corrected chi connectivity index (χ2v) is 8.42. The van der Waals surface area contributed by atoms with Gasteiger partial charge in [0.15, 0.2) is 5.82 Å². The Labute approximate surface area is 142 Å². The maximum Gasteiger partial charge on any atom is 0.229 e. The lowest BCUT2D eigenvalue weighted by Gasteiger charge is -2.30. The highest BCUT2D eigenvalue weighted by molar-refractivity contribution is 7.88. The smallest absolute Gasteiger partial charge is 0.229 e. The topological polar surface area (TPSA) is 94.8 Å². The van der Waals surface area contributed by atoms with Gasteiger partial charge in [0.2, 0.25) is 15.9 Å². The molecule has 2 fully saturated rings. The molecule has 2 aliphatic rings. The van der Waals surface area contributed by atoms with Gasteiger partial charge in [-0.1, -0.05) is 5.16 Å². The molecule has 1 unspecified atom stereocenters. The Bertz CT molecular complexity index is 627. The van der Waals surface area contributed by atoms with Gasteiger partial charge in [-0.15, -0.1) is 0 Å². The number of hydrogen-bond acceptors (Lipinski definition) is 7. The van der Waals surface area contributed by atoms with E-state index in [1.54, 1.807) is 0 Å². The molecular formula is C15H25N3O5S. The number of piperidine rings is 1. The maximum atomic E-state index is 11.6. The molecule has 2 saturated heterocycles. The van der Waals surface area contributed by atoms with E-state index in [0.717, 1.165) is 38.9 Å². The summed E-state index contributed by atoms with van der Waals surface area (Å²) in [6, 6.07) is 0. The average Bonchev–Trinajstić information content (AvgIpc) is 3.04. The highest BCUT2D eigenvalue weighted by Gasteiger charge is 2.26. The van der Waals surface area contributed by atoms with Crippen LogP contribution in [0.5, 0.6) is 0 Å². The van der Waals surface area contributed by atoms with Gasteiger partial charge in [-0.2, -0.15) is 9.29 Å². The Hall–Kier alpha value is -1.03. The average molecular weight is 359 g/mol. The fourth-order valence-corrected chi connectivity index (χ4v) is 4.04. The fourth-order valence-electron chi connectivity index (χ4n) is 3.14. The first kappa shape index (κ1) is 17.8. The van der Waals surface area contributed by atoms with E-state index in [-0.39, 0.29) is 6.10 Å². The molecule has 24 heavy (non-hydrogen) atoms. The summed E-state index contributed by atoms with van der Waals surface area (Å²) in [5, 5.41) is 4.02. The zero-order valence-corrected chi connectivity index (χ0v) is 14.8. The van der Waals surface area contributed by atoms with Crippen molar-refractivity contribution >= 4 is 10.0 Å². The number of sulfonamides is 1. The quantitative estimate of drug-likeness (QED) is 0.746. The van der Waals surface area contributed by atoms with Crippen molar-refractivity contribution in [1.82, 2.24) is 14.4 Å². The van der Waals surface area contributed by atoms with Crippen molar-refractivity contribution in [2.45, 2.75) is 44.1 Å². The van der Waals surface area contributed by atoms with Gasteiger partial charge in [-0.25, -0.2) is 8.42 Å². The van der Waals surface area contributed by atoms with Crippen molar-refractivity contribution in [2.75, 3.05) is 39.2 Å². The first-order valence-electron chi connectivity index (χ1n) is 8.49. The van der Waals surface area contributed by atoms with Crippen molar-refractivity contribution in [3.8, 4) is 0 Å². The van der Waals surface area contributed by atoms with E-state index < -0.39 is 10.0 Å². The summed E-state index contributed by atoms with van der Waals surface area (Å²) in [6.07, 6.45) is 5.30. The van der Waals surface area contributed by atoms with Crippen LogP contribution in [0.25, 0.3) is 0 Å². The highest BCUT2D eigenvalue weighted by atomic mass is 32.2. The normalized spacial score (nSPS) is 24.3. The SMILES string of the molecule is CS(=O)(=O)N1CCCC(OCCc2noc(C3CCOCC3)n2)C1. The van der Waals surface area contributed by atoms with Gasteiger partial charge in [0.1, 0.15) is 0 Å². The zero-order chi connectivity index (χ0) is 17.0. The molecular weight excluding hydrogens is 334 g/mol. The van der Waals surface area contributed by atoms with Crippen LogP contribution in [-0.2, 0) is 25.9 Å². The Morgan fingerprint density at radius 1 is 1.29 bits per heavy atom. The van der Waals surface area contributed by atoms with Crippen LogP contribution in [0, 0.1) is 0 Å². The van der Waals surface area contributed by atoms with Crippen LogP contribution in [0.4, 0.5) is 0 Å². The fraction of sp³-hybridized carbons (Fsp3) is 0.867. The molecule has 0 saturated carbocycles. The first-order chi connectivity index (χ1) is 11.5. The third kappa shape index (κ3) is 4.75. The number of aromatic nitrogens is 2. The van der Waals surface area contributed by atoms with Gasteiger partial charge in [-0.3, -0.25) is 0 Å². The molecule has 3 heterocycles. The van der Waals surface area contributed by atoms with Crippen molar-refractivity contribution in [2.24, 2.45) is 0 Å². The van der Waals surface area contributed by atoms with Crippen LogP contribution in [0.1, 0.15) is 43.3 Å². The van der Waals surface area contributed by atoms with Gasteiger partial charge >= 0.3 is 0 Å². The highest BCUT2D eigenvalue weighted by Crippen LogP contribution is 2.25. The Balaban J connectivity index is 1.44. The summed E-state index contributed by atoms with van der Waals surface area (Å²) in [4.78, 5) is 4.45. The molecule has 1 aromatic heterocycles. The molecule has 0 bridgehead atoms. The van der Waals surface area contributed by atoms with Crippen molar-refractivity contribution in [3.05, 3.63) is 11.7 Å². The molecule has 0 radical (unpaired) electrons. The van der Waals surface area contributed by atoms with E-state index in [0.29, 0.717) is 43.8 Å². The first-order valence-corrected chi connectivity index (χ1v) is 10.3. The van der Waals surface area contributed by atoms with Gasteiger partial charge in [-0.05, 0) is 25.7 Å². The summed E-state index contributed by atoms with van der Waals surface area (Å²) in [7, 11) is -3.14.